The van der Waals surface area contributed by atoms with E-state index in [2.05, 4.69) is 0 Å². The summed E-state index contributed by atoms with van der Waals surface area (Å²) in [6.07, 6.45) is -2.72. The van der Waals surface area contributed by atoms with Gasteiger partial charge in [-0.05, 0) is 17.7 Å². The summed E-state index contributed by atoms with van der Waals surface area (Å²) < 4.78 is 33.0. The SMILES string of the molecule is CO[C@@H]1c2c(OC(C)=O)cc(OC(C)=O)cc2O[C@@H](c2ccc(OC(C)=O)cc2)[C@@H]1OC(C)=O. The van der Waals surface area contributed by atoms with Gasteiger partial charge in [-0.1, -0.05) is 12.1 Å². The lowest BCUT2D eigenvalue weighted by molar-refractivity contribution is -0.167. The van der Waals surface area contributed by atoms with Gasteiger partial charge < -0.3 is 28.4 Å². The lowest BCUT2D eigenvalue weighted by Gasteiger charge is -2.39. The summed E-state index contributed by atoms with van der Waals surface area (Å²) >= 11 is 0. The van der Waals surface area contributed by atoms with Crippen molar-refractivity contribution in [1.29, 1.82) is 0 Å². The number of benzene rings is 2. The maximum absolute atomic E-state index is 11.9. The molecule has 10 heteroatoms. The lowest BCUT2D eigenvalue weighted by atomic mass is 9.91. The summed E-state index contributed by atoms with van der Waals surface area (Å²) in [4.78, 5) is 46.4. The monoisotopic (exact) mass is 472 g/mol. The molecule has 0 spiro atoms. The van der Waals surface area contributed by atoms with Crippen LogP contribution in [0.2, 0.25) is 0 Å². The van der Waals surface area contributed by atoms with Gasteiger partial charge in [0.05, 0.1) is 5.56 Å². The van der Waals surface area contributed by atoms with Gasteiger partial charge in [-0.3, -0.25) is 19.2 Å². The van der Waals surface area contributed by atoms with E-state index in [9.17, 15) is 19.2 Å². The largest absolute Gasteiger partial charge is 0.481 e. The molecule has 0 fully saturated rings. The smallest absolute Gasteiger partial charge is 0.308 e. The Kier molecular flexibility index (Phi) is 7.52. The maximum Gasteiger partial charge on any atom is 0.308 e. The summed E-state index contributed by atoms with van der Waals surface area (Å²) in [6.45, 7) is 4.98. The van der Waals surface area contributed by atoms with E-state index in [-0.39, 0.29) is 17.2 Å². The van der Waals surface area contributed by atoms with Crippen molar-refractivity contribution in [2.75, 3.05) is 7.11 Å². The molecule has 1 aliphatic heterocycles. The van der Waals surface area contributed by atoms with Crippen LogP contribution in [0, 0.1) is 0 Å². The Morgan fingerprint density at radius 1 is 0.765 bits per heavy atom. The van der Waals surface area contributed by atoms with Crippen molar-refractivity contribution in [3.8, 4) is 23.0 Å². The first-order valence-corrected chi connectivity index (χ1v) is 10.3. The highest BCUT2D eigenvalue weighted by Crippen LogP contribution is 2.50. The van der Waals surface area contributed by atoms with Gasteiger partial charge in [0.1, 0.15) is 29.1 Å². The van der Waals surface area contributed by atoms with Crippen LogP contribution in [0.3, 0.4) is 0 Å². The number of methoxy groups -OCH3 is 1. The minimum Gasteiger partial charge on any atom is -0.481 e. The van der Waals surface area contributed by atoms with Crippen LogP contribution < -0.4 is 18.9 Å². The Hall–Kier alpha value is -3.92. The van der Waals surface area contributed by atoms with Crippen LogP contribution in [0.1, 0.15) is 51.0 Å². The fourth-order valence-electron chi connectivity index (χ4n) is 3.66. The molecule has 2 aromatic rings. The molecule has 0 aliphatic carbocycles. The van der Waals surface area contributed by atoms with Crippen molar-refractivity contribution < 1.29 is 47.6 Å². The van der Waals surface area contributed by atoms with Crippen molar-refractivity contribution in [3.05, 3.63) is 47.5 Å². The van der Waals surface area contributed by atoms with Gasteiger partial charge in [0, 0.05) is 46.9 Å². The number of carbonyl (C=O) groups excluding carboxylic acids is 4. The van der Waals surface area contributed by atoms with E-state index in [4.69, 9.17) is 28.4 Å². The molecule has 180 valence electrons. The molecule has 10 nitrogen and oxygen atoms in total. The predicted molar refractivity (Wildman–Crippen MR) is 115 cm³/mol. The molecule has 0 N–H and O–H groups in total. The van der Waals surface area contributed by atoms with Gasteiger partial charge in [-0.15, -0.1) is 0 Å². The standard InChI is InChI=1S/C24H24O10/c1-12(25)30-17-8-6-16(7-9-17)22-24(33-15(4)28)23(29-5)21-19(32-14(3)27)10-18(31-13(2)26)11-20(21)34-22/h6-11,22-24H,1-5H3/t22-,23+,24-/m0/s1. The molecule has 34 heavy (non-hydrogen) atoms. The molecular weight excluding hydrogens is 448 g/mol. The molecule has 0 saturated heterocycles. The van der Waals surface area contributed by atoms with Gasteiger partial charge in [0.25, 0.3) is 0 Å². The van der Waals surface area contributed by atoms with Crippen molar-refractivity contribution in [2.24, 2.45) is 0 Å². The molecule has 3 atom stereocenters. The second-order valence-electron chi connectivity index (χ2n) is 7.45. The van der Waals surface area contributed by atoms with Gasteiger partial charge in [-0.2, -0.15) is 0 Å². The Morgan fingerprint density at radius 2 is 1.35 bits per heavy atom. The molecule has 0 radical (unpaired) electrons. The van der Waals surface area contributed by atoms with Crippen molar-refractivity contribution in [2.45, 2.75) is 46.0 Å². The minimum absolute atomic E-state index is 0.0360. The summed E-state index contributed by atoms with van der Waals surface area (Å²) in [6, 6.07) is 9.26. The zero-order valence-electron chi connectivity index (χ0n) is 19.3. The molecule has 3 rings (SSSR count). The van der Waals surface area contributed by atoms with E-state index < -0.39 is 42.2 Å². The zero-order chi connectivity index (χ0) is 25.0. The van der Waals surface area contributed by atoms with E-state index in [0.717, 1.165) is 0 Å². The highest BCUT2D eigenvalue weighted by atomic mass is 16.6. The maximum atomic E-state index is 11.9. The van der Waals surface area contributed by atoms with E-state index in [0.29, 0.717) is 16.9 Å². The van der Waals surface area contributed by atoms with Crippen molar-refractivity contribution >= 4 is 23.9 Å². The van der Waals surface area contributed by atoms with Crippen LogP contribution in [-0.4, -0.2) is 37.1 Å². The fourth-order valence-corrected chi connectivity index (χ4v) is 3.66. The van der Waals surface area contributed by atoms with Crippen LogP contribution in [-0.2, 0) is 28.7 Å². The lowest BCUT2D eigenvalue weighted by Crippen LogP contribution is -2.39. The first kappa shape index (κ1) is 24.7. The topological polar surface area (TPSA) is 124 Å². The number of hydrogen-bond acceptors (Lipinski definition) is 10. The summed E-state index contributed by atoms with van der Waals surface area (Å²) in [7, 11) is 1.41. The molecule has 0 amide bonds. The van der Waals surface area contributed by atoms with Gasteiger partial charge >= 0.3 is 23.9 Å². The van der Waals surface area contributed by atoms with Crippen LogP contribution in [0.4, 0.5) is 0 Å². The highest BCUT2D eigenvalue weighted by Gasteiger charge is 2.44. The molecule has 0 saturated carbocycles. The van der Waals surface area contributed by atoms with E-state index in [1.54, 1.807) is 24.3 Å². The first-order chi connectivity index (χ1) is 16.1. The number of ether oxygens (including phenoxy) is 6. The van der Waals surface area contributed by atoms with Gasteiger partial charge in [0.2, 0.25) is 0 Å². The molecular formula is C24H24O10. The average Bonchev–Trinajstić information content (AvgIpc) is 2.72. The Morgan fingerprint density at radius 3 is 1.88 bits per heavy atom. The van der Waals surface area contributed by atoms with Crippen molar-refractivity contribution in [3.63, 3.8) is 0 Å². The third-order valence-corrected chi connectivity index (χ3v) is 4.75. The first-order valence-electron chi connectivity index (χ1n) is 10.3. The third kappa shape index (κ3) is 5.70. The summed E-state index contributed by atoms with van der Waals surface area (Å²) in [5.74, 6) is -1.59. The van der Waals surface area contributed by atoms with E-state index in [1.165, 1.54) is 46.9 Å². The predicted octanol–water partition coefficient (Wildman–Crippen LogP) is 3.22. The highest BCUT2D eigenvalue weighted by molar-refractivity contribution is 5.73. The summed E-state index contributed by atoms with van der Waals surface area (Å²) in [5.41, 5.74) is 0.898. The van der Waals surface area contributed by atoms with Crippen LogP contribution in [0.5, 0.6) is 23.0 Å². The van der Waals surface area contributed by atoms with E-state index in [1.807, 2.05) is 0 Å². The van der Waals surface area contributed by atoms with Crippen molar-refractivity contribution in [1.82, 2.24) is 0 Å². The fraction of sp³-hybridized carbons (Fsp3) is 0.333. The third-order valence-electron chi connectivity index (χ3n) is 4.75. The average molecular weight is 472 g/mol. The quantitative estimate of drug-likeness (QED) is 0.457. The van der Waals surface area contributed by atoms with Crippen LogP contribution in [0.25, 0.3) is 0 Å². The minimum atomic E-state index is -0.969. The number of fused-ring (bicyclic) bond motifs is 1. The number of rotatable bonds is 6. The molecule has 0 unspecified atom stereocenters. The van der Waals surface area contributed by atoms with Gasteiger partial charge in [-0.25, -0.2) is 0 Å². The second kappa shape index (κ2) is 10.3. The number of esters is 4. The van der Waals surface area contributed by atoms with Crippen LogP contribution in [0.15, 0.2) is 36.4 Å². The van der Waals surface area contributed by atoms with Crippen LogP contribution >= 0.6 is 0 Å². The van der Waals surface area contributed by atoms with Gasteiger partial charge in [0.15, 0.2) is 12.2 Å². The Labute approximate surface area is 195 Å². The molecule has 2 aromatic carbocycles. The number of carbonyl (C=O) groups is 4. The number of hydrogen-bond donors (Lipinski definition) is 0. The Bertz CT molecular complexity index is 1110. The molecule has 0 bridgehead atoms. The summed E-state index contributed by atoms with van der Waals surface area (Å²) in [5, 5.41) is 0. The zero-order valence-corrected chi connectivity index (χ0v) is 19.3. The second-order valence-corrected chi connectivity index (χ2v) is 7.45. The van der Waals surface area contributed by atoms with E-state index >= 15 is 0 Å². The molecule has 1 aliphatic rings. The molecule has 1 heterocycles. The Balaban J connectivity index is 2.13. The molecule has 0 aromatic heterocycles. The normalized spacial score (nSPS) is 18.7.